The van der Waals surface area contributed by atoms with Crippen molar-refractivity contribution in [2.45, 2.75) is 17.8 Å². The summed E-state index contributed by atoms with van der Waals surface area (Å²) in [6.45, 7) is 2.04. The van der Waals surface area contributed by atoms with Crippen molar-refractivity contribution in [2.75, 3.05) is 5.32 Å². The van der Waals surface area contributed by atoms with Crippen LogP contribution in [0.4, 0.5) is 11.5 Å². The molecule has 160 valence electrons. The number of fused-ring (bicyclic) bond motifs is 1. The molecule has 5 aromatic rings. The van der Waals surface area contributed by atoms with Crippen molar-refractivity contribution in [1.29, 1.82) is 5.26 Å². The normalized spacial score (nSPS) is 10.8. The summed E-state index contributed by atoms with van der Waals surface area (Å²) in [6.07, 6.45) is 0. The minimum absolute atomic E-state index is 0.412. The van der Waals surface area contributed by atoms with Crippen molar-refractivity contribution in [1.82, 2.24) is 19.9 Å². The van der Waals surface area contributed by atoms with Crippen molar-refractivity contribution in [3.63, 3.8) is 0 Å². The number of hydrogen-bond acceptors (Lipinski definition) is 6. The van der Waals surface area contributed by atoms with Crippen LogP contribution in [0.5, 0.6) is 0 Å². The second kappa shape index (κ2) is 9.15. The molecule has 0 aliphatic rings. The quantitative estimate of drug-likeness (QED) is 0.236. The Balaban J connectivity index is 1.52. The van der Waals surface area contributed by atoms with Gasteiger partial charge in [0.25, 0.3) is 0 Å². The van der Waals surface area contributed by atoms with E-state index in [-0.39, 0.29) is 0 Å². The number of imidazole rings is 1. The van der Waals surface area contributed by atoms with Crippen LogP contribution in [0.1, 0.15) is 17.0 Å². The molecule has 5 rings (SSSR count). The Kier molecular flexibility index (Phi) is 5.75. The minimum atomic E-state index is 0.412. The van der Waals surface area contributed by atoms with Gasteiger partial charge in [-0.2, -0.15) is 5.26 Å². The molecule has 0 bridgehead atoms. The molecular weight excluding hydrogens is 428 g/mol. The zero-order valence-corrected chi connectivity index (χ0v) is 18.7. The third-order valence-corrected chi connectivity index (χ3v) is 6.00. The number of thioether (sulfide) groups is 1. The first-order chi connectivity index (χ1) is 16.2. The van der Waals surface area contributed by atoms with Crippen LogP contribution in [-0.2, 0) is 5.75 Å². The van der Waals surface area contributed by atoms with Gasteiger partial charge in [-0.3, -0.25) is 0 Å². The van der Waals surface area contributed by atoms with Crippen LogP contribution in [0.15, 0.2) is 84.0 Å². The lowest BCUT2D eigenvalue weighted by molar-refractivity contribution is 0.967. The number of H-pyrrole nitrogens is 1. The van der Waals surface area contributed by atoms with Gasteiger partial charge in [0.2, 0.25) is 0 Å². The van der Waals surface area contributed by atoms with Crippen LogP contribution >= 0.6 is 11.8 Å². The van der Waals surface area contributed by atoms with Crippen molar-refractivity contribution >= 4 is 34.3 Å². The van der Waals surface area contributed by atoms with Gasteiger partial charge in [-0.15, -0.1) is 0 Å². The van der Waals surface area contributed by atoms with Crippen LogP contribution in [-0.4, -0.2) is 19.9 Å². The highest BCUT2D eigenvalue weighted by atomic mass is 32.2. The highest BCUT2D eigenvalue weighted by Gasteiger charge is 2.17. The van der Waals surface area contributed by atoms with Gasteiger partial charge in [0.1, 0.15) is 17.5 Å². The SMILES string of the molecule is Cc1ccc(Nc2nc(SCc3nc4ccccc4[nH]3)nc(-c3ccccc3)c2C#N)cc1. The van der Waals surface area contributed by atoms with Crippen LogP contribution in [0.2, 0.25) is 0 Å². The smallest absolute Gasteiger partial charge is 0.190 e. The average molecular weight is 449 g/mol. The predicted molar refractivity (Wildman–Crippen MR) is 132 cm³/mol. The van der Waals surface area contributed by atoms with Crippen molar-refractivity contribution in [2.24, 2.45) is 0 Å². The average Bonchev–Trinajstić information content (AvgIpc) is 3.27. The second-order valence-corrected chi connectivity index (χ2v) is 8.48. The van der Waals surface area contributed by atoms with Crippen molar-refractivity contribution < 1.29 is 0 Å². The largest absolute Gasteiger partial charge is 0.341 e. The molecular formula is C26H20N6S. The molecule has 7 heteroatoms. The Morgan fingerprint density at radius 1 is 0.909 bits per heavy atom. The Hall–Kier alpha value is -4.15. The molecule has 0 amide bonds. The molecule has 2 aromatic heterocycles. The highest BCUT2D eigenvalue weighted by Crippen LogP contribution is 2.31. The number of aryl methyl sites for hydroxylation is 1. The fraction of sp³-hybridized carbons (Fsp3) is 0.0769. The Labute approximate surface area is 195 Å². The van der Waals surface area contributed by atoms with E-state index in [4.69, 9.17) is 9.97 Å². The second-order valence-electron chi connectivity index (χ2n) is 7.54. The maximum atomic E-state index is 9.97. The molecule has 0 atom stereocenters. The number of benzene rings is 3. The lowest BCUT2D eigenvalue weighted by atomic mass is 10.1. The van der Waals surface area contributed by atoms with E-state index in [0.717, 1.165) is 33.7 Å². The van der Waals surface area contributed by atoms with Gasteiger partial charge >= 0.3 is 0 Å². The maximum absolute atomic E-state index is 9.97. The predicted octanol–water partition coefficient (Wildman–Crippen LogP) is 6.24. The number of nitriles is 1. The number of para-hydroxylation sites is 2. The molecule has 0 unspecified atom stereocenters. The Morgan fingerprint density at radius 3 is 2.42 bits per heavy atom. The van der Waals surface area contributed by atoms with Crippen molar-refractivity contribution in [3.8, 4) is 17.3 Å². The van der Waals surface area contributed by atoms with E-state index in [2.05, 4.69) is 21.4 Å². The first-order valence-corrected chi connectivity index (χ1v) is 11.5. The van der Waals surface area contributed by atoms with Gasteiger partial charge in [0.05, 0.1) is 22.5 Å². The zero-order valence-electron chi connectivity index (χ0n) is 17.9. The van der Waals surface area contributed by atoms with E-state index in [1.807, 2.05) is 85.8 Å². The summed E-state index contributed by atoms with van der Waals surface area (Å²) >= 11 is 1.48. The van der Waals surface area contributed by atoms with Gasteiger partial charge < -0.3 is 10.3 Å². The number of nitrogens with zero attached hydrogens (tertiary/aromatic N) is 4. The standard InChI is InChI=1S/C26H20N6S/c1-17-11-13-19(14-12-17)28-25-20(15-27)24(18-7-3-2-4-8-18)31-26(32-25)33-16-23-29-21-9-5-6-10-22(21)30-23/h2-14H,16H2,1H3,(H,29,30)(H,28,31,32). The number of aromatic amines is 1. The summed E-state index contributed by atoms with van der Waals surface area (Å²) in [6, 6.07) is 27.9. The topological polar surface area (TPSA) is 90.3 Å². The van der Waals surface area contributed by atoms with Gasteiger partial charge in [-0.05, 0) is 31.2 Å². The minimum Gasteiger partial charge on any atom is -0.341 e. The fourth-order valence-electron chi connectivity index (χ4n) is 3.49. The highest BCUT2D eigenvalue weighted by molar-refractivity contribution is 7.98. The maximum Gasteiger partial charge on any atom is 0.190 e. The van der Waals surface area contributed by atoms with E-state index in [0.29, 0.717) is 28.0 Å². The first kappa shape index (κ1) is 20.7. The van der Waals surface area contributed by atoms with Crippen LogP contribution in [0, 0.1) is 18.3 Å². The molecule has 0 aliphatic carbocycles. The molecule has 0 saturated heterocycles. The van der Waals surface area contributed by atoms with Crippen LogP contribution in [0.3, 0.4) is 0 Å². The van der Waals surface area contributed by atoms with E-state index in [1.54, 1.807) is 0 Å². The molecule has 0 spiro atoms. The summed E-state index contributed by atoms with van der Waals surface area (Å²) in [4.78, 5) is 17.4. The van der Waals surface area contributed by atoms with E-state index in [9.17, 15) is 5.26 Å². The summed E-state index contributed by atoms with van der Waals surface area (Å²) in [5.41, 5.74) is 5.85. The molecule has 0 radical (unpaired) electrons. The van der Waals surface area contributed by atoms with Gasteiger partial charge in [0.15, 0.2) is 11.0 Å². The summed E-state index contributed by atoms with van der Waals surface area (Å²) in [5.74, 6) is 1.92. The zero-order chi connectivity index (χ0) is 22.6. The first-order valence-electron chi connectivity index (χ1n) is 10.5. The van der Waals surface area contributed by atoms with Gasteiger partial charge in [-0.25, -0.2) is 15.0 Å². The molecule has 3 aromatic carbocycles. The number of hydrogen-bond donors (Lipinski definition) is 2. The molecule has 2 heterocycles. The number of anilines is 2. The lowest BCUT2D eigenvalue weighted by Gasteiger charge is -2.13. The number of aromatic nitrogens is 4. The monoisotopic (exact) mass is 448 g/mol. The van der Waals surface area contributed by atoms with E-state index in [1.165, 1.54) is 11.8 Å². The Bertz CT molecular complexity index is 1420. The molecule has 0 aliphatic heterocycles. The Morgan fingerprint density at radius 2 is 1.67 bits per heavy atom. The van der Waals surface area contributed by atoms with E-state index >= 15 is 0 Å². The van der Waals surface area contributed by atoms with Crippen LogP contribution in [0.25, 0.3) is 22.3 Å². The molecule has 0 saturated carbocycles. The molecule has 2 N–H and O–H groups in total. The van der Waals surface area contributed by atoms with Gasteiger partial charge in [0, 0.05) is 11.3 Å². The molecule has 6 nitrogen and oxygen atoms in total. The number of nitrogens with one attached hydrogen (secondary N) is 2. The third kappa shape index (κ3) is 4.56. The fourth-order valence-corrected chi connectivity index (χ4v) is 4.20. The number of rotatable bonds is 6. The molecule has 33 heavy (non-hydrogen) atoms. The summed E-state index contributed by atoms with van der Waals surface area (Å²) in [7, 11) is 0. The molecule has 0 fully saturated rings. The third-order valence-electron chi connectivity index (χ3n) is 5.14. The lowest BCUT2D eigenvalue weighted by Crippen LogP contribution is -2.04. The van der Waals surface area contributed by atoms with E-state index < -0.39 is 0 Å². The van der Waals surface area contributed by atoms with Gasteiger partial charge in [-0.1, -0.05) is 71.9 Å². The van der Waals surface area contributed by atoms with Crippen LogP contribution < -0.4 is 5.32 Å². The summed E-state index contributed by atoms with van der Waals surface area (Å²) in [5, 5.41) is 13.9. The van der Waals surface area contributed by atoms with Crippen molar-refractivity contribution in [3.05, 3.63) is 95.8 Å². The summed E-state index contributed by atoms with van der Waals surface area (Å²) < 4.78 is 0.